The lowest BCUT2D eigenvalue weighted by Gasteiger charge is -2.05. The first kappa shape index (κ1) is 19.4. The van der Waals surface area contributed by atoms with E-state index in [1.807, 2.05) is 0 Å². The van der Waals surface area contributed by atoms with Crippen molar-refractivity contribution < 1.29 is 18.7 Å². The van der Waals surface area contributed by atoms with Gasteiger partial charge in [0.15, 0.2) is 0 Å². The Labute approximate surface area is 165 Å². The summed E-state index contributed by atoms with van der Waals surface area (Å²) in [6.07, 6.45) is 0.220. The Hall–Kier alpha value is -3.39. The van der Waals surface area contributed by atoms with E-state index in [2.05, 4.69) is 20.8 Å². The molecule has 144 valence electrons. The van der Waals surface area contributed by atoms with E-state index < -0.39 is 5.91 Å². The predicted octanol–water partition coefficient (Wildman–Crippen LogP) is 3.56. The number of ether oxygens (including phenoxy) is 1. The summed E-state index contributed by atoms with van der Waals surface area (Å²) in [6.45, 7) is 0. The summed E-state index contributed by atoms with van der Waals surface area (Å²) in [5.41, 5.74) is 1.65. The molecule has 0 spiro atoms. The van der Waals surface area contributed by atoms with E-state index in [-0.39, 0.29) is 30.1 Å². The van der Waals surface area contributed by atoms with Gasteiger partial charge in [0, 0.05) is 29.1 Å². The van der Waals surface area contributed by atoms with Crippen molar-refractivity contribution in [1.82, 2.24) is 10.2 Å². The maximum atomic E-state index is 12.3. The summed E-state index contributed by atoms with van der Waals surface area (Å²) in [5, 5.41) is 13.0. The van der Waals surface area contributed by atoms with E-state index >= 15 is 0 Å². The van der Waals surface area contributed by atoms with Crippen LogP contribution in [0.4, 0.5) is 11.7 Å². The normalized spacial score (nSPS) is 10.4. The van der Waals surface area contributed by atoms with Gasteiger partial charge >= 0.3 is 6.01 Å². The molecule has 0 radical (unpaired) electrons. The van der Waals surface area contributed by atoms with Crippen LogP contribution in [0.15, 0.2) is 52.9 Å². The lowest BCUT2D eigenvalue weighted by molar-refractivity contribution is -0.115. The number of carbonyl (C=O) groups excluding carboxylic acids is 2. The molecule has 8 nitrogen and oxygen atoms in total. The molecule has 0 aliphatic rings. The quantitative estimate of drug-likeness (QED) is 0.587. The van der Waals surface area contributed by atoms with Crippen molar-refractivity contribution in [2.75, 3.05) is 23.6 Å². The number of methoxy groups -OCH3 is 1. The number of hydrogen-bond acceptors (Lipinski definition) is 6. The van der Waals surface area contributed by atoms with Gasteiger partial charge in [-0.15, -0.1) is 16.7 Å². The fourth-order valence-corrected chi connectivity index (χ4v) is 2.48. The van der Waals surface area contributed by atoms with Crippen molar-refractivity contribution >= 4 is 35.1 Å². The molecule has 9 heteroatoms. The monoisotopic (exact) mass is 400 g/mol. The third kappa shape index (κ3) is 4.86. The number of alkyl halides is 1. The highest BCUT2D eigenvalue weighted by Crippen LogP contribution is 2.22. The summed E-state index contributed by atoms with van der Waals surface area (Å²) in [6, 6.07) is 13.5. The summed E-state index contributed by atoms with van der Waals surface area (Å²) in [7, 11) is 1.58. The van der Waals surface area contributed by atoms with Crippen LogP contribution in [-0.2, 0) is 4.79 Å². The molecule has 1 heterocycles. The minimum Gasteiger partial charge on any atom is -0.497 e. The highest BCUT2D eigenvalue weighted by Gasteiger charge is 2.13. The van der Waals surface area contributed by atoms with E-state index in [9.17, 15) is 9.59 Å². The molecular weight excluding hydrogens is 384 g/mol. The second kappa shape index (κ2) is 9.01. The van der Waals surface area contributed by atoms with E-state index in [1.165, 1.54) is 0 Å². The van der Waals surface area contributed by atoms with Crippen molar-refractivity contribution in [2.24, 2.45) is 0 Å². The summed E-state index contributed by atoms with van der Waals surface area (Å²) in [4.78, 5) is 23.8. The zero-order valence-electron chi connectivity index (χ0n) is 14.9. The maximum absolute atomic E-state index is 12.3. The minimum absolute atomic E-state index is 0.0182. The molecule has 2 aromatic carbocycles. The number of amides is 2. The van der Waals surface area contributed by atoms with Crippen LogP contribution in [0.2, 0.25) is 0 Å². The van der Waals surface area contributed by atoms with Crippen LogP contribution in [0.1, 0.15) is 16.8 Å². The Balaban J connectivity index is 1.63. The number of carbonyl (C=O) groups is 2. The van der Waals surface area contributed by atoms with Gasteiger partial charge in [0.25, 0.3) is 5.91 Å². The molecule has 2 N–H and O–H groups in total. The maximum Gasteiger partial charge on any atom is 0.322 e. The Bertz CT molecular complexity index is 955. The Morgan fingerprint density at radius 1 is 1.04 bits per heavy atom. The number of anilines is 2. The van der Waals surface area contributed by atoms with E-state index in [4.69, 9.17) is 20.8 Å². The van der Waals surface area contributed by atoms with Gasteiger partial charge < -0.3 is 14.5 Å². The van der Waals surface area contributed by atoms with Gasteiger partial charge in [-0.25, -0.2) is 0 Å². The highest BCUT2D eigenvalue weighted by atomic mass is 35.5. The molecule has 0 aliphatic heterocycles. The zero-order valence-corrected chi connectivity index (χ0v) is 15.7. The number of nitrogens with one attached hydrogen (secondary N) is 2. The number of nitrogens with zero attached hydrogens (tertiary/aromatic N) is 2. The summed E-state index contributed by atoms with van der Waals surface area (Å²) < 4.78 is 10.6. The Morgan fingerprint density at radius 2 is 1.75 bits per heavy atom. The van der Waals surface area contributed by atoms with Gasteiger partial charge in [0.1, 0.15) is 5.75 Å². The average Bonchev–Trinajstić information content (AvgIpc) is 3.17. The predicted molar refractivity (Wildman–Crippen MR) is 105 cm³/mol. The number of rotatable bonds is 7. The number of aromatic nitrogens is 2. The van der Waals surface area contributed by atoms with Gasteiger partial charge in [0.2, 0.25) is 11.8 Å². The molecule has 1 aromatic heterocycles. The van der Waals surface area contributed by atoms with Crippen molar-refractivity contribution in [2.45, 2.75) is 6.42 Å². The number of benzene rings is 2. The van der Waals surface area contributed by atoms with E-state index in [0.717, 1.165) is 0 Å². The Kier molecular flexibility index (Phi) is 6.23. The van der Waals surface area contributed by atoms with Crippen molar-refractivity contribution in [3.63, 3.8) is 0 Å². The molecule has 0 bridgehead atoms. The second-order valence-corrected chi connectivity index (χ2v) is 6.04. The van der Waals surface area contributed by atoms with Gasteiger partial charge in [0.05, 0.1) is 7.11 Å². The van der Waals surface area contributed by atoms with Crippen molar-refractivity contribution in [1.29, 1.82) is 0 Å². The standard InChI is InChI=1S/C19H17ClN4O4/c1-27-15-8-4-13(5-9-15)18-23-24-19(28-18)22-17(26)12-2-6-14(7-3-12)21-16(25)10-11-20/h2-9H,10-11H2,1H3,(H,21,25)(H,22,24,26). The third-order valence-electron chi connectivity index (χ3n) is 3.73. The van der Waals surface area contributed by atoms with Gasteiger partial charge in [-0.3, -0.25) is 14.9 Å². The molecule has 0 unspecified atom stereocenters. The molecule has 2 amide bonds. The van der Waals surface area contributed by atoms with Gasteiger partial charge in [-0.1, -0.05) is 5.10 Å². The van der Waals surface area contributed by atoms with Crippen molar-refractivity contribution in [3.05, 3.63) is 54.1 Å². The lowest BCUT2D eigenvalue weighted by Crippen LogP contribution is -2.13. The van der Waals surface area contributed by atoms with E-state index in [1.54, 1.807) is 55.6 Å². The lowest BCUT2D eigenvalue weighted by atomic mass is 10.2. The van der Waals surface area contributed by atoms with Crippen molar-refractivity contribution in [3.8, 4) is 17.2 Å². The third-order valence-corrected chi connectivity index (χ3v) is 3.92. The summed E-state index contributed by atoms with van der Waals surface area (Å²) in [5.74, 6) is 0.622. The van der Waals surface area contributed by atoms with Gasteiger partial charge in [-0.05, 0) is 48.5 Å². The van der Waals surface area contributed by atoms with Gasteiger partial charge in [-0.2, -0.15) is 0 Å². The molecule has 3 aromatic rings. The minimum atomic E-state index is -0.413. The number of hydrogen-bond donors (Lipinski definition) is 2. The molecule has 28 heavy (non-hydrogen) atoms. The van der Waals surface area contributed by atoms with Crippen LogP contribution >= 0.6 is 11.6 Å². The highest BCUT2D eigenvalue weighted by molar-refractivity contribution is 6.19. The topological polar surface area (TPSA) is 106 Å². The van der Waals surface area contributed by atoms with Crippen LogP contribution in [0.25, 0.3) is 11.5 Å². The van der Waals surface area contributed by atoms with Crippen LogP contribution in [0.3, 0.4) is 0 Å². The first-order chi connectivity index (χ1) is 13.6. The fraction of sp³-hybridized carbons (Fsp3) is 0.158. The van der Waals surface area contributed by atoms with Crippen LogP contribution < -0.4 is 15.4 Å². The molecule has 3 rings (SSSR count). The van der Waals surface area contributed by atoms with Crippen LogP contribution in [0.5, 0.6) is 5.75 Å². The zero-order chi connectivity index (χ0) is 19.9. The molecule has 0 fully saturated rings. The largest absolute Gasteiger partial charge is 0.497 e. The first-order valence-electron chi connectivity index (χ1n) is 8.34. The second-order valence-electron chi connectivity index (χ2n) is 5.66. The number of halogens is 1. The first-order valence-corrected chi connectivity index (χ1v) is 8.87. The molecule has 0 saturated heterocycles. The summed E-state index contributed by atoms with van der Waals surface area (Å²) >= 11 is 5.52. The average molecular weight is 401 g/mol. The molecular formula is C19H17ClN4O4. The Morgan fingerprint density at radius 3 is 2.39 bits per heavy atom. The van der Waals surface area contributed by atoms with E-state index in [0.29, 0.717) is 22.6 Å². The van der Waals surface area contributed by atoms with Crippen LogP contribution in [-0.4, -0.2) is 35.0 Å². The smallest absolute Gasteiger partial charge is 0.322 e. The molecule has 0 atom stereocenters. The molecule has 0 aliphatic carbocycles. The fourth-order valence-electron chi connectivity index (χ4n) is 2.31. The molecule has 0 saturated carbocycles. The SMILES string of the molecule is COc1ccc(-c2nnc(NC(=O)c3ccc(NC(=O)CCCl)cc3)o2)cc1. The van der Waals surface area contributed by atoms with Crippen LogP contribution in [0, 0.1) is 0 Å².